The highest BCUT2D eigenvalue weighted by atomic mass is 35.5. The van der Waals surface area contributed by atoms with Gasteiger partial charge in [-0.05, 0) is 140 Å². The lowest BCUT2D eigenvalue weighted by molar-refractivity contribution is -0.237. The van der Waals surface area contributed by atoms with Gasteiger partial charge in [0.25, 0.3) is 0 Å². The first-order valence-electron chi connectivity index (χ1n) is 17.2. The Kier molecular flexibility index (Phi) is 11.4. The Bertz CT molecular complexity index is 727. The van der Waals surface area contributed by atoms with E-state index in [2.05, 4.69) is 19.2 Å². The minimum absolute atomic E-state index is 0.0220. The van der Waals surface area contributed by atoms with Gasteiger partial charge in [-0.15, -0.1) is 11.6 Å². The Morgan fingerprint density at radius 2 is 1.69 bits per heavy atom. The van der Waals surface area contributed by atoms with Gasteiger partial charge in [-0.2, -0.15) is 0 Å². The number of aliphatic hydroxyl groups excluding tert-OH is 1. The molecule has 0 amide bonds. The van der Waals surface area contributed by atoms with Crippen molar-refractivity contribution in [2.24, 2.45) is 29.6 Å². The van der Waals surface area contributed by atoms with Gasteiger partial charge < -0.3 is 19.9 Å². The van der Waals surface area contributed by atoms with E-state index in [-0.39, 0.29) is 18.0 Å². The number of halogens is 1. The third kappa shape index (κ3) is 8.59. The van der Waals surface area contributed by atoms with Crippen LogP contribution in [0.25, 0.3) is 0 Å². The molecular formula is C34H60ClNO3. The Balaban J connectivity index is 1.05. The lowest BCUT2D eigenvalue weighted by Crippen LogP contribution is -2.50. The van der Waals surface area contributed by atoms with Crippen molar-refractivity contribution in [1.82, 2.24) is 5.32 Å². The highest BCUT2D eigenvalue weighted by Gasteiger charge is 2.40. The molecule has 3 aliphatic carbocycles. The molecule has 10 unspecified atom stereocenters. The van der Waals surface area contributed by atoms with Crippen molar-refractivity contribution >= 4 is 11.6 Å². The van der Waals surface area contributed by atoms with Crippen LogP contribution >= 0.6 is 11.6 Å². The Morgan fingerprint density at radius 1 is 0.872 bits per heavy atom. The van der Waals surface area contributed by atoms with E-state index in [4.69, 9.17) is 21.1 Å². The molecule has 3 saturated carbocycles. The van der Waals surface area contributed by atoms with Gasteiger partial charge in [-0.3, -0.25) is 0 Å². The van der Waals surface area contributed by atoms with E-state index in [0.717, 1.165) is 37.7 Å². The van der Waals surface area contributed by atoms with Crippen LogP contribution in [-0.2, 0) is 9.47 Å². The van der Waals surface area contributed by atoms with Crippen LogP contribution in [0, 0.1) is 29.6 Å². The average Bonchev–Trinajstić information content (AvgIpc) is 2.95. The first kappa shape index (κ1) is 30.6. The molecule has 2 aliphatic heterocycles. The number of hydrogen-bond acceptors (Lipinski definition) is 4. The molecule has 0 aromatic heterocycles. The quantitative estimate of drug-likeness (QED) is 0.261. The summed E-state index contributed by atoms with van der Waals surface area (Å²) < 4.78 is 12.5. The molecule has 0 bridgehead atoms. The van der Waals surface area contributed by atoms with Gasteiger partial charge in [0.2, 0.25) is 0 Å². The van der Waals surface area contributed by atoms with Gasteiger partial charge in [0.15, 0.2) is 6.29 Å². The smallest absolute Gasteiger partial charge is 0.158 e. The molecule has 0 aromatic rings. The summed E-state index contributed by atoms with van der Waals surface area (Å²) in [6, 6.07) is 1.35. The third-order valence-corrected chi connectivity index (χ3v) is 12.2. The lowest BCUT2D eigenvalue weighted by atomic mass is 9.68. The summed E-state index contributed by atoms with van der Waals surface area (Å²) in [4.78, 5) is 0. The normalized spacial score (nSPS) is 41.1. The first-order chi connectivity index (χ1) is 18.9. The van der Waals surface area contributed by atoms with Gasteiger partial charge in [0.1, 0.15) is 0 Å². The van der Waals surface area contributed by atoms with Crippen LogP contribution in [0.3, 0.4) is 0 Å². The number of piperidine rings is 1. The van der Waals surface area contributed by atoms with Gasteiger partial charge in [0.05, 0.1) is 11.7 Å². The number of alkyl halides is 1. The maximum atomic E-state index is 11.4. The summed E-state index contributed by atoms with van der Waals surface area (Å²) in [5.74, 6) is 3.41. The SMILES string of the molecule is CC(C)(OC1CCCCO1)C1CCCCC1CCC(O)C1CCCC(CCC2CCC3CCC(Cl)CC3N2)C1. The summed E-state index contributed by atoms with van der Waals surface area (Å²) in [5.41, 5.74) is -0.149. The number of nitrogens with one attached hydrogen (secondary N) is 1. The van der Waals surface area contributed by atoms with Crippen molar-refractivity contribution in [3.63, 3.8) is 0 Å². The fraction of sp³-hybridized carbons (Fsp3) is 1.00. The fourth-order valence-corrected chi connectivity index (χ4v) is 9.78. The monoisotopic (exact) mass is 565 g/mol. The number of hydrogen-bond donors (Lipinski definition) is 2. The van der Waals surface area contributed by atoms with Gasteiger partial charge in [0, 0.05) is 24.1 Å². The topological polar surface area (TPSA) is 50.7 Å². The molecule has 2 saturated heterocycles. The highest BCUT2D eigenvalue weighted by molar-refractivity contribution is 6.20. The summed E-state index contributed by atoms with van der Waals surface area (Å²) in [6.45, 7) is 5.45. The van der Waals surface area contributed by atoms with Crippen molar-refractivity contribution in [3.8, 4) is 0 Å². The van der Waals surface area contributed by atoms with E-state index < -0.39 is 0 Å². The molecule has 226 valence electrons. The average molecular weight is 566 g/mol. The van der Waals surface area contributed by atoms with Crippen LogP contribution in [0.1, 0.15) is 142 Å². The number of ether oxygens (including phenoxy) is 2. The number of aliphatic hydroxyl groups is 1. The number of fused-ring (bicyclic) bond motifs is 1. The molecule has 5 rings (SSSR count). The van der Waals surface area contributed by atoms with E-state index in [0.29, 0.717) is 35.2 Å². The minimum atomic E-state index is -0.149. The fourth-order valence-electron chi connectivity index (χ4n) is 9.46. The van der Waals surface area contributed by atoms with Gasteiger partial charge >= 0.3 is 0 Å². The lowest BCUT2D eigenvalue weighted by Gasteiger charge is -2.45. The molecule has 39 heavy (non-hydrogen) atoms. The second kappa shape index (κ2) is 14.5. The molecule has 0 spiro atoms. The number of rotatable bonds is 10. The highest BCUT2D eigenvalue weighted by Crippen LogP contribution is 2.44. The second-order valence-corrected chi connectivity index (χ2v) is 15.5. The predicted molar refractivity (Wildman–Crippen MR) is 161 cm³/mol. The van der Waals surface area contributed by atoms with Crippen LogP contribution in [0.2, 0.25) is 0 Å². The molecule has 5 aliphatic rings. The van der Waals surface area contributed by atoms with Crippen molar-refractivity contribution in [3.05, 3.63) is 0 Å². The Morgan fingerprint density at radius 3 is 2.54 bits per heavy atom. The second-order valence-electron chi connectivity index (χ2n) is 14.9. The van der Waals surface area contributed by atoms with E-state index in [1.165, 1.54) is 109 Å². The van der Waals surface area contributed by atoms with E-state index in [9.17, 15) is 5.11 Å². The maximum absolute atomic E-state index is 11.4. The summed E-state index contributed by atoms with van der Waals surface area (Å²) in [7, 11) is 0. The molecule has 0 radical (unpaired) electrons. The molecule has 10 atom stereocenters. The maximum Gasteiger partial charge on any atom is 0.158 e. The molecule has 0 aromatic carbocycles. The molecule has 5 fully saturated rings. The predicted octanol–water partition coefficient (Wildman–Crippen LogP) is 8.37. The summed E-state index contributed by atoms with van der Waals surface area (Å²) in [6.07, 6.45) is 24.8. The van der Waals surface area contributed by atoms with E-state index in [1.807, 2.05) is 0 Å². The van der Waals surface area contributed by atoms with Crippen LogP contribution < -0.4 is 5.32 Å². The molecule has 2 N–H and O–H groups in total. The zero-order chi connectivity index (χ0) is 27.2. The Hall–Kier alpha value is 0.130. The largest absolute Gasteiger partial charge is 0.393 e. The van der Waals surface area contributed by atoms with Crippen molar-refractivity contribution in [1.29, 1.82) is 0 Å². The van der Waals surface area contributed by atoms with E-state index in [1.54, 1.807) is 0 Å². The third-order valence-electron chi connectivity index (χ3n) is 11.8. The molecule has 5 heteroatoms. The summed E-state index contributed by atoms with van der Waals surface area (Å²) in [5, 5.41) is 15.8. The van der Waals surface area contributed by atoms with Crippen LogP contribution in [0.15, 0.2) is 0 Å². The summed E-state index contributed by atoms with van der Waals surface area (Å²) >= 11 is 6.50. The molecular weight excluding hydrogens is 506 g/mol. The molecule has 2 heterocycles. The Labute approximate surface area is 245 Å². The van der Waals surface area contributed by atoms with Crippen LogP contribution in [0.4, 0.5) is 0 Å². The first-order valence-corrected chi connectivity index (χ1v) is 17.7. The van der Waals surface area contributed by atoms with Crippen molar-refractivity contribution < 1.29 is 14.6 Å². The van der Waals surface area contributed by atoms with Crippen LogP contribution in [-0.4, -0.2) is 47.2 Å². The van der Waals surface area contributed by atoms with Crippen molar-refractivity contribution in [2.75, 3.05) is 6.61 Å². The molecule has 4 nitrogen and oxygen atoms in total. The van der Waals surface area contributed by atoms with E-state index >= 15 is 0 Å². The van der Waals surface area contributed by atoms with Crippen molar-refractivity contribution in [2.45, 2.75) is 178 Å². The standard InChI is InChI=1S/C34H60ClNO3/c1-34(2,39-33-12-5-6-21-38-33)30-11-4-3-9-25(30)16-20-32(37)27-10-7-8-24(22-27)13-18-29-19-15-26-14-17-28(35)23-31(26)36-29/h24-33,36-37H,3-23H2,1-2H3. The van der Waals surface area contributed by atoms with Gasteiger partial charge in [-0.25, -0.2) is 0 Å². The zero-order valence-corrected chi connectivity index (χ0v) is 26.0. The minimum Gasteiger partial charge on any atom is -0.393 e. The van der Waals surface area contributed by atoms with Gasteiger partial charge in [-0.1, -0.05) is 32.1 Å². The zero-order valence-electron chi connectivity index (χ0n) is 25.3. The van der Waals surface area contributed by atoms with Crippen LogP contribution in [0.5, 0.6) is 0 Å².